The number of hydrogen-bond acceptors (Lipinski definition) is 4. The van der Waals surface area contributed by atoms with Gasteiger partial charge in [-0.3, -0.25) is 0 Å². The van der Waals surface area contributed by atoms with E-state index in [4.69, 9.17) is 5.73 Å². The molecule has 114 valence electrons. The Morgan fingerprint density at radius 3 is 2.43 bits per heavy atom. The van der Waals surface area contributed by atoms with E-state index in [0.29, 0.717) is 5.52 Å². The third kappa shape index (κ3) is 2.51. The number of anilines is 1. The maximum Gasteiger partial charge on any atom is 0.416 e. The molecule has 0 bridgehead atoms. The molecule has 0 atom stereocenters. The smallest absolute Gasteiger partial charge is 0.368 e. The molecule has 1 saturated heterocycles. The molecular weight excluding hydrogens is 283 g/mol. The summed E-state index contributed by atoms with van der Waals surface area (Å²) >= 11 is 0. The lowest BCUT2D eigenvalue weighted by molar-refractivity contribution is -0.137. The molecule has 2 N–H and O–H groups in total. The molecule has 0 aliphatic carbocycles. The summed E-state index contributed by atoms with van der Waals surface area (Å²) in [6, 6.07) is 3.54. The van der Waals surface area contributed by atoms with Gasteiger partial charge < -0.3 is 15.6 Å². The van der Waals surface area contributed by atoms with Gasteiger partial charge in [-0.1, -0.05) is 0 Å². The van der Waals surface area contributed by atoms with Gasteiger partial charge in [0.15, 0.2) is 0 Å². The maximum absolute atomic E-state index is 12.7. The van der Waals surface area contributed by atoms with Crippen molar-refractivity contribution in [2.45, 2.75) is 6.18 Å². The van der Waals surface area contributed by atoms with E-state index < -0.39 is 11.7 Å². The highest BCUT2D eigenvalue weighted by atomic mass is 19.4. The van der Waals surface area contributed by atoms with Gasteiger partial charge in [-0.05, 0) is 25.2 Å². The first-order valence-electron chi connectivity index (χ1n) is 6.65. The second kappa shape index (κ2) is 4.80. The van der Waals surface area contributed by atoms with Crippen LogP contribution in [0.25, 0.3) is 11.0 Å². The first-order valence-corrected chi connectivity index (χ1v) is 6.65. The van der Waals surface area contributed by atoms with Crippen LogP contribution >= 0.6 is 0 Å². The van der Waals surface area contributed by atoms with Crippen LogP contribution in [0.3, 0.4) is 0 Å². The minimum atomic E-state index is -4.37. The van der Waals surface area contributed by atoms with Crippen LogP contribution in [0.15, 0.2) is 18.2 Å². The Morgan fingerprint density at radius 2 is 1.81 bits per heavy atom. The maximum atomic E-state index is 12.7. The van der Waals surface area contributed by atoms with Gasteiger partial charge in [-0.15, -0.1) is 0 Å². The van der Waals surface area contributed by atoms with Crippen molar-refractivity contribution in [2.75, 3.05) is 44.0 Å². The highest BCUT2D eigenvalue weighted by Crippen LogP contribution is 2.31. The van der Waals surface area contributed by atoms with Crippen LogP contribution in [0.5, 0.6) is 0 Å². The highest BCUT2D eigenvalue weighted by molar-refractivity contribution is 5.79. The molecule has 0 amide bonds. The minimum absolute atomic E-state index is 0.217. The summed E-state index contributed by atoms with van der Waals surface area (Å²) in [5.41, 5.74) is 6.05. The highest BCUT2D eigenvalue weighted by Gasteiger charge is 2.31. The van der Waals surface area contributed by atoms with E-state index in [0.717, 1.165) is 38.3 Å². The third-order valence-electron chi connectivity index (χ3n) is 3.75. The fourth-order valence-corrected chi connectivity index (χ4v) is 2.56. The number of piperazine rings is 1. The SMILES string of the molecule is CN1CCN(n2c(N)nc3cc(C(F)(F)F)ccc32)CC1. The summed E-state index contributed by atoms with van der Waals surface area (Å²) in [5, 5.41) is 2.01. The third-order valence-corrected chi connectivity index (χ3v) is 3.75. The number of imidazole rings is 1. The Hall–Kier alpha value is -1.96. The lowest BCUT2D eigenvalue weighted by atomic mass is 10.2. The Morgan fingerprint density at radius 1 is 1.14 bits per heavy atom. The molecule has 1 fully saturated rings. The number of nitrogens with two attached hydrogens (primary N) is 1. The Balaban J connectivity index is 2.02. The van der Waals surface area contributed by atoms with Gasteiger partial charge in [-0.25, -0.2) is 9.66 Å². The molecule has 21 heavy (non-hydrogen) atoms. The second-order valence-electron chi connectivity index (χ2n) is 5.24. The molecule has 0 spiro atoms. The van der Waals surface area contributed by atoms with Gasteiger partial charge in [-0.2, -0.15) is 13.2 Å². The largest absolute Gasteiger partial charge is 0.416 e. The van der Waals surface area contributed by atoms with Crippen molar-refractivity contribution in [1.29, 1.82) is 0 Å². The molecule has 0 radical (unpaired) electrons. The predicted molar refractivity (Wildman–Crippen MR) is 74.6 cm³/mol. The number of likely N-dealkylation sites (N-methyl/N-ethyl adjacent to an activating group) is 1. The first-order chi connectivity index (χ1) is 9.86. The number of rotatable bonds is 1. The zero-order chi connectivity index (χ0) is 15.2. The Labute approximate surface area is 119 Å². The van der Waals surface area contributed by atoms with Crippen molar-refractivity contribution in [1.82, 2.24) is 14.6 Å². The molecule has 3 rings (SSSR count). The average molecular weight is 299 g/mol. The van der Waals surface area contributed by atoms with Gasteiger partial charge in [0.05, 0.1) is 16.6 Å². The molecular formula is C13H16F3N5. The molecule has 5 nitrogen and oxygen atoms in total. The van der Waals surface area contributed by atoms with E-state index in [1.165, 1.54) is 6.07 Å². The molecule has 8 heteroatoms. The molecule has 2 aromatic rings. The number of aromatic nitrogens is 2. The zero-order valence-electron chi connectivity index (χ0n) is 11.6. The monoisotopic (exact) mass is 299 g/mol. The molecule has 0 saturated carbocycles. The molecule has 1 aliphatic heterocycles. The van der Waals surface area contributed by atoms with Crippen molar-refractivity contribution in [3.8, 4) is 0 Å². The number of halogens is 3. The first kappa shape index (κ1) is 14.0. The average Bonchev–Trinajstić information content (AvgIpc) is 2.74. The second-order valence-corrected chi connectivity index (χ2v) is 5.24. The van der Waals surface area contributed by atoms with Gasteiger partial charge in [0.25, 0.3) is 0 Å². The Bertz CT molecular complexity index is 656. The van der Waals surface area contributed by atoms with Gasteiger partial charge in [0, 0.05) is 26.2 Å². The van der Waals surface area contributed by atoms with Gasteiger partial charge >= 0.3 is 6.18 Å². The zero-order valence-corrected chi connectivity index (χ0v) is 11.6. The van der Waals surface area contributed by atoms with Crippen LogP contribution < -0.4 is 10.7 Å². The predicted octanol–water partition coefficient (Wildman–Crippen LogP) is 1.52. The molecule has 2 heterocycles. The standard InChI is InChI=1S/C13H16F3N5/c1-19-4-6-20(7-5-19)21-11-3-2-9(13(14,15)16)8-10(11)18-12(21)17/h2-3,8H,4-7H2,1H3,(H2,17,18). The Kier molecular flexibility index (Phi) is 3.20. The summed E-state index contributed by atoms with van der Waals surface area (Å²) in [6.45, 7) is 3.26. The molecule has 1 aliphatic rings. The fourth-order valence-electron chi connectivity index (χ4n) is 2.56. The van der Waals surface area contributed by atoms with Crippen molar-refractivity contribution in [3.63, 3.8) is 0 Å². The number of alkyl halides is 3. The summed E-state index contributed by atoms with van der Waals surface area (Å²) < 4.78 is 39.9. The molecule has 1 aromatic carbocycles. The van der Waals surface area contributed by atoms with Crippen LogP contribution in [0.2, 0.25) is 0 Å². The van der Waals surface area contributed by atoms with E-state index in [1.54, 1.807) is 4.68 Å². The van der Waals surface area contributed by atoms with Crippen molar-refractivity contribution in [2.24, 2.45) is 0 Å². The van der Waals surface area contributed by atoms with E-state index >= 15 is 0 Å². The summed E-state index contributed by atoms with van der Waals surface area (Å²) in [4.78, 5) is 6.26. The normalized spacial score (nSPS) is 17.6. The van der Waals surface area contributed by atoms with Crippen molar-refractivity contribution < 1.29 is 13.2 Å². The van der Waals surface area contributed by atoms with Crippen LogP contribution in [0.4, 0.5) is 19.1 Å². The minimum Gasteiger partial charge on any atom is -0.368 e. The van der Waals surface area contributed by atoms with E-state index in [2.05, 4.69) is 9.88 Å². The fraction of sp³-hybridized carbons (Fsp3) is 0.462. The van der Waals surface area contributed by atoms with Crippen LogP contribution in [-0.4, -0.2) is 47.8 Å². The lowest BCUT2D eigenvalue weighted by Crippen LogP contribution is -2.50. The molecule has 1 aromatic heterocycles. The quantitative estimate of drug-likeness (QED) is 0.867. The lowest BCUT2D eigenvalue weighted by Gasteiger charge is -2.35. The summed E-state index contributed by atoms with van der Waals surface area (Å²) in [5.74, 6) is 0.217. The summed E-state index contributed by atoms with van der Waals surface area (Å²) in [7, 11) is 2.03. The van der Waals surface area contributed by atoms with Crippen LogP contribution in [-0.2, 0) is 6.18 Å². The van der Waals surface area contributed by atoms with Crippen molar-refractivity contribution >= 4 is 17.0 Å². The van der Waals surface area contributed by atoms with Gasteiger partial charge in [0.1, 0.15) is 0 Å². The van der Waals surface area contributed by atoms with Gasteiger partial charge in [0.2, 0.25) is 5.95 Å². The number of hydrogen-bond donors (Lipinski definition) is 1. The number of nitrogen functional groups attached to an aromatic ring is 1. The van der Waals surface area contributed by atoms with Crippen LogP contribution in [0.1, 0.15) is 5.56 Å². The van der Waals surface area contributed by atoms with Crippen LogP contribution in [0, 0.1) is 0 Å². The van der Waals surface area contributed by atoms with E-state index in [-0.39, 0.29) is 11.5 Å². The number of nitrogens with zero attached hydrogens (tertiary/aromatic N) is 4. The topological polar surface area (TPSA) is 50.3 Å². The van der Waals surface area contributed by atoms with E-state index in [9.17, 15) is 13.2 Å². The molecule has 0 unspecified atom stereocenters. The summed E-state index contributed by atoms with van der Waals surface area (Å²) in [6.07, 6.45) is -4.37. The number of benzene rings is 1. The van der Waals surface area contributed by atoms with Crippen molar-refractivity contribution in [3.05, 3.63) is 23.8 Å². The number of fused-ring (bicyclic) bond motifs is 1. The van der Waals surface area contributed by atoms with E-state index in [1.807, 2.05) is 12.1 Å².